The molecule has 1 atom stereocenters. The molecular formula is C20H18N4O2. The Morgan fingerprint density at radius 1 is 1.12 bits per heavy atom. The van der Waals surface area contributed by atoms with Crippen LogP contribution in [-0.2, 0) is 16.0 Å². The number of Topliss-reactive ketones (excluding diaryl/α,β-unsaturated/α-hetero) is 1. The number of carbonyl (C=O) groups excluding carboxylic acids is 2. The van der Waals surface area contributed by atoms with Crippen LogP contribution in [-0.4, -0.2) is 27.4 Å². The monoisotopic (exact) mass is 346 g/mol. The van der Waals surface area contributed by atoms with Gasteiger partial charge in [-0.25, -0.2) is 4.98 Å². The lowest BCUT2D eigenvalue weighted by molar-refractivity contribution is -0.129. The molecule has 26 heavy (non-hydrogen) atoms. The van der Waals surface area contributed by atoms with Crippen LogP contribution in [0.2, 0.25) is 0 Å². The van der Waals surface area contributed by atoms with Crippen molar-refractivity contribution in [1.82, 2.24) is 9.97 Å². The van der Waals surface area contributed by atoms with E-state index in [1.165, 1.54) is 5.01 Å². The first-order valence-corrected chi connectivity index (χ1v) is 8.54. The van der Waals surface area contributed by atoms with Crippen LogP contribution in [0.5, 0.6) is 0 Å². The molecule has 2 aromatic carbocycles. The normalized spacial score (nSPS) is 17.0. The fraction of sp³-hybridized carbons (Fsp3) is 0.200. The van der Waals surface area contributed by atoms with E-state index in [4.69, 9.17) is 0 Å². The molecule has 0 bridgehead atoms. The van der Waals surface area contributed by atoms with Crippen LogP contribution in [0.4, 0.5) is 5.69 Å². The maximum atomic E-state index is 12.7. The van der Waals surface area contributed by atoms with Gasteiger partial charge in [0.15, 0.2) is 5.78 Å². The number of carbonyl (C=O) groups is 2. The third-order valence-electron chi connectivity index (χ3n) is 4.50. The largest absolute Gasteiger partial charge is 0.342 e. The quantitative estimate of drug-likeness (QED) is 0.721. The third-order valence-corrected chi connectivity index (χ3v) is 4.50. The Morgan fingerprint density at radius 3 is 2.62 bits per heavy atom. The van der Waals surface area contributed by atoms with Crippen molar-refractivity contribution in [1.29, 1.82) is 0 Å². The molecule has 1 unspecified atom stereocenters. The molecule has 2 heterocycles. The molecule has 6 nitrogen and oxygen atoms in total. The molecule has 1 aliphatic rings. The van der Waals surface area contributed by atoms with Crippen LogP contribution in [0.25, 0.3) is 11.0 Å². The number of para-hydroxylation sites is 3. The van der Waals surface area contributed by atoms with Gasteiger partial charge in [0.05, 0.1) is 22.4 Å². The predicted molar refractivity (Wildman–Crippen MR) is 99.9 cm³/mol. The van der Waals surface area contributed by atoms with Crippen molar-refractivity contribution in [3.05, 3.63) is 60.4 Å². The Kier molecular flexibility index (Phi) is 4.08. The summed E-state index contributed by atoms with van der Waals surface area (Å²) >= 11 is 0. The van der Waals surface area contributed by atoms with Crippen LogP contribution in [0, 0.1) is 5.92 Å². The second-order valence-electron chi connectivity index (χ2n) is 6.33. The van der Waals surface area contributed by atoms with E-state index in [1.807, 2.05) is 42.5 Å². The van der Waals surface area contributed by atoms with Gasteiger partial charge in [0.1, 0.15) is 11.7 Å². The van der Waals surface area contributed by atoms with Crippen molar-refractivity contribution in [2.75, 3.05) is 5.01 Å². The SMILES string of the molecule is CC1=NN(c2ccccc2)C(=O)C1C(=O)CCc1nc2ccccc2[nH]1. The molecule has 0 saturated carbocycles. The van der Waals surface area contributed by atoms with Crippen molar-refractivity contribution < 1.29 is 9.59 Å². The lowest BCUT2D eigenvalue weighted by Crippen LogP contribution is -2.32. The van der Waals surface area contributed by atoms with Crippen LogP contribution in [0.15, 0.2) is 59.7 Å². The summed E-state index contributed by atoms with van der Waals surface area (Å²) < 4.78 is 0. The Morgan fingerprint density at radius 2 is 1.85 bits per heavy atom. The number of rotatable bonds is 5. The van der Waals surface area contributed by atoms with Crippen molar-refractivity contribution in [3.63, 3.8) is 0 Å². The summed E-state index contributed by atoms with van der Waals surface area (Å²) in [5.74, 6) is -0.475. The average Bonchev–Trinajstić information content (AvgIpc) is 3.20. The average molecular weight is 346 g/mol. The fourth-order valence-electron chi connectivity index (χ4n) is 3.20. The minimum Gasteiger partial charge on any atom is -0.342 e. The van der Waals surface area contributed by atoms with Crippen molar-refractivity contribution >= 4 is 34.1 Å². The number of nitrogens with zero attached hydrogens (tertiary/aromatic N) is 3. The zero-order valence-electron chi connectivity index (χ0n) is 14.3. The number of hydrogen-bond acceptors (Lipinski definition) is 4. The zero-order chi connectivity index (χ0) is 18.1. The Labute approximate surface area is 150 Å². The summed E-state index contributed by atoms with van der Waals surface area (Å²) in [7, 11) is 0. The lowest BCUT2D eigenvalue weighted by atomic mass is 9.95. The number of ketones is 1. The maximum absolute atomic E-state index is 12.7. The predicted octanol–water partition coefficient (Wildman–Crippen LogP) is 3.10. The van der Waals surface area contributed by atoms with Gasteiger partial charge in [-0.1, -0.05) is 30.3 Å². The number of fused-ring (bicyclic) bond motifs is 1. The van der Waals surface area contributed by atoms with Gasteiger partial charge in [-0.3, -0.25) is 9.59 Å². The molecule has 1 aliphatic heterocycles. The van der Waals surface area contributed by atoms with E-state index in [0.717, 1.165) is 16.9 Å². The van der Waals surface area contributed by atoms with Crippen molar-refractivity contribution in [2.45, 2.75) is 19.8 Å². The molecule has 3 aromatic rings. The molecule has 6 heteroatoms. The van der Waals surface area contributed by atoms with Crippen LogP contribution in [0.3, 0.4) is 0 Å². The van der Waals surface area contributed by atoms with E-state index >= 15 is 0 Å². The number of benzene rings is 2. The number of H-pyrrole nitrogens is 1. The van der Waals surface area contributed by atoms with Gasteiger partial charge in [0.2, 0.25) is 0 Å². The number of aromatic nitrogens is 2. The third kappa shape index (κ3) is 2.90. The van der Waals surface area contributed by atoms with E-state index in [2.05, 4.69) is 15.1 Å². The van der Waals surface area contributed by atoms with E-state index in [0.29, 0.717) is 17.8 Å². The molecule has 1 amide bonds. The van der Waals surface area contributed by atoms with E-state index in [9.17, 15) is 9.59 Å². The number of hydrogen-bond donors (Lipinski definition) is 1. The number of imidazole rings is 1. The van der Waals surface area contributed by atoms with Gasteiger partial charge in [-0.05, 0) is 31.2 Å². The molecule has 1 N–H and O–H groups in total. The lowest BCUT2D eigenvalue weighted by Gasteiger charge is -2.13. The van der Waals surface area contributed by atoms with Gasteiger partial charge >= 0.3 is 0 Å². The molecule has 4 rings (SSSR count). The van der Waals surface area contributed by atoms with Gasteiger partial charge in [0, 0.05) is 12.8 Å². The first-order chi connectivity index (χ1) is 12.6. The Bertz CT molecular complexity index is 974. The first-order valence-electron chi connectivity index (χ1n) is 8.54. The number of nitrogens with one attached hydrogen (secondary N) is 1. The Hall–Kier alpha value is -3.28. The summed E-state index contributed by atoms with van der Waals surface area (Å²) in [5, 5.41) is 5.61. The minimum absolute atomic E-state index is 0.130. The highest BCUT2D eigenvalue weighted by molar-refractivity contribution is 6.27. The summed E-state index contributed by atoms with van der Waals surface area (Å²) in [6.45, 7) is 1.73. The minimum atomic E-state index is -0.806. The Balaban J connectivity index is 1.46. The molecule has 130 valence electrons. The second-order valence-corrected chi connectivity index (χ2v) is 6.33. The van der Waals surface area contributed by atoms with Crippen LogP contribution in [0.1, 0.15) is 19.2 Å². The van der Waals surface area contributed by atoms with Gasteiger partial charge < -0.3 is 4.98 Å². The molecule has 0 aliphatic carbocycles. The van der Waals surface area contributed by atoms with Crippen molar-refractivity contribution in [2.24, 2.45) is 11.0 Å². The van der Waals surface area contributed by atoms with E-state index in [1.54, 1.807) is 19.1 Å². The number of aryl methyl sites for hydroxylation is 1. The smallest absolute Gasteiger partial charge is 0.263 e. The fourth-order valence-corrected chi connectivity index (χ4v) is 3.20. The molecular weight excluding hydrogens is 328 g/mol. The van der Waals surface area contributed by atoms with Crippen LogP contribution >= 0.6 is 0 Å². The highest BCUT2D eigenvalue weighted by Crippen LogP contribution is 2.25. The maximum Gasteiger partial charge on any atom is 0.263 e. The van der Waals surface area contributed by atoms with E-state index < -0.39 is 5.92 Å². The molecule has 0 saturated heterocycles. The number of hydrazone groups is 1. The van der Waals surface area contributed by atoms with E-state index in [-0.39, 0.29) is 18.1 Å². The van der Waals surface area contributed by atoms with Gasteiger partial charge in [-0.15, -0.1) is 0 Å². The highest BCUT2D eigenvalue weighted by Gasteiger charge is 2.39. The molecule has 1 aromatic heterocycles. The second kappa shape index (κ2) is 6.55. The molecule has 0 spiro atoms. The number of aromatic amines is 1. The molecule has 0 radical (unpaired) electrons. The number of anilines is 1. The highest BCUT2D eigenvalue weighted by atomic mass is 16.2. The van der Waals surface area contributed by atoms with Crippen LogP contribution < -0.4 is 5.01 Å². The number of amides is 1. The zero-order valence-corrected chi connectivity index (χ0v) is 14.3. The summed E-state index contributed by atoms with van der Waals surface area (Å²) in [6, 6.07) is 16.9. The van der Waals surface area contributed by atoms with Crippen molar-refractivity contribution in [3.8, 4) is 0 Å². The topological polar surface area (TPSA) is 78.4 Å². The van der Waals surface area contributed by atoms with Gasteiger partial charge in [0.25, 0.3) is 5.91 Å². The van der Waals surface area contributed by atoms with Gasteiger partial charge in [-0.2, -0.15) is 10.1 Å². The standard InChI is InChI=1S/C20H18N4O2/c1-13-19(20(26)24(23-13)14-7-3-2-4-8-14)17(25)11-12-18-21-15-9-5-6-10-16(15)22-18/h2-10,19H,11-12H2,1H3,(H,21,22). The molecule has 0 fully saturated rings. The summed E-state index contributed by atoms with van der Waals surface area (Å²) in [6.07, 6.45) is 0.710. The first kappa shape index (κ1) is 16.2. The summed E-state index contributed by atoms with van der Waals surface area (Å²) in [5.41, 5.74) is 3.03. The summed E-state index contributed by atoms with van der Waals surface area (Å²) in [4.78, 5) is 33.0.